The van der Waals surface area contributed by atoms with Gasteiger partial charge in [0.1, 0.15) is 42.0 Å². The molecule has 4 aromatic carbocycles. The van der Waals surface area contributed by atoms with E-state index in [1.807, 2.05) is 86.6 Å². The molecule has 4 rings (SSSR count). The van der Waals surface area contributed by atoms with Crippen molar-refractivity contribution in [2.24, 2.45) is 0 Å². The van der Waals surface area contributed by atoms with Crippen LogP contribution in [0.1, 0.15) is 40.9 Å². The Hall–Kier alpha value is -4.71. The molecule has 4 aromatic rings. The lowest BCUT2D eigenvalue weighted by Gasteiger charge is -2.13. The van der Waals surface area contributed by atoms with Crippen LogP contribution in [0.3, 0.4) is 0 Å². The van der Waals surface area contributed by atoms with Crippen molar-refractivity contribution in [3.63, 3.8) is 0 Å². The third-order valence-electron chi connectivity index (χ3n) is 6.03. The van der Waals surface area contributed by atoms with E-state index in [9.17, 15) is 4.79 Å². The Morgan fingerprint density at radius 2 is 1.27 bits per heavy atom. The number of carbonyl (C=O) groups excluding carboxylic acids is 1. The molecule has 0 spiro atoms. The largest absolute Gasteiger partial charge is 0.497 e. The molecule has 0 bridgehead atoms. The standard InChI is InChI=1S/C34H34O6/c1-4-37-29-18-19-31(34(22-29)38-5-2)32(35)20-14-27-13-17-30(39-23-26-11-15-28(36-3)16-12-26)21-33(27)40-24-25-9-7-6-8-10-25/h6-22H,4-5,23-24H2,1-3H3. The Morgan fingerprint density at radius 3 is 2.00 bits per heavy atom. The van der Waals surface area contributed by atoms with E-state index in [4.69, 9.17) is 23.7 Å². The molecule has 0 unspecified atom stereocenters. The number of benzene rings is 4. The molecule has 0 aliphatic rings. The van der Waals surface area contributed by atoms with Gasteiger partial charge in [0, 0.05) is 17.7 Å². The van der Waals surface area contributed by atoms with Crippen LogP contribution in [0.25, 0.3) is 6.08 Å². The fourth-order valence-corrected chi connectivity index (χ4v) is 3.98. The summed E-state index contributed by atoms with van der Waals surface area (Å²) < 4.78 is 28.7. The van der Waals surface area contributed by atoms with Crippen molar-refractivity contribution in [1.29, 1.82) is 0 Å². The highest BCUT2D eigenvalue weighted by Gasteiger charge is 2.13. The van der Waals surface area contributed by atoms with Gasteiger partial charge in [-0.15, -0.1) is 0 Å². The fourth-order valence-electron chi connectivity index (χ4n) is 3.98. The van der Waals surface area contributed by atoms with Crippen molar-refractivity contribution in [2.75, 3.05) is 20.3 Å². The first-order valence-electron chi connectivity index (χ1n) is 13.3. The molecule has 6 heteroatoms. The van der Waals surface area contributed by atoms with Gasteiger partial charge in [0.15, 0.2) is 5.78 Å². The molecular formula is C34H34O6. The van der Waals surface area contributed by atoms with Gasteiger partial charge in [-0.2, -0.15) is 0 Å². The average molecular weight is 539 g/mol. The van der Waals surface area contributed by atoms with Gasteiger partial charge in [0.25, 0.3) is 0 Å². The highest BCUT2D eigenvalue weighted by Crippen LogP contribution is 2.30. The minimum atomic E-state index is -0.180. The Bertz CT molecular complexity index is 1410. The maximum absolute atomic E-state index is 13.2. The Kier molecular flexibility index (Phi) is 10.2. The highest BCUT2D eigenvalue weighted by molar-refractivity contribution is 6.08. The molecule has 0 aliphatic heterocycles. The van der Waals surface area contributed by atoms with Crippen LogP contribution < -0.4 is 23.7 Å². The number of allylic oxidation sites excluding steroid dienone is 1. The van der Waals surface area contributed by atoms with E-state index in [-0.39, 0.29) is 5.78 Å². The first kappa shape index (κ1) is 28.3. The van der Waals surface area contributed by atoms with Gasteiger partial charge in [-0.05, 0) is 73.5 Å². The summed E-state index contributed by atoms with van der Waals surface area (Å²) in [5, 5.41) is 0. The van der Waals surface area contributed by atoms with Gasteiger partial charge >= 0.3 is 0 Å². The van der Waals surface area contributed by atoms with Crippen molar-refractivity contribution in [2.45, 2.75) is 27.1 Å². The number of hydrogen-bond acceptors (Lipinski definition) is 6. The van der Waals surface area contributed by atoms with Crippen LogP contribution in [-0.4, -0.2) is 26.1 Å². The van der Waals surface area contributed by atoms with E-state index in [0.29, 0.717) is 55.0 Å². The van der Waals surface area contributed by atoms with Crippen LogP contribution in [0.15, 0.2) is 97.1 Å². The zero-order chi connectivity index (χ0) is 28.2. The average Bonchev–Trinajstić information content (AvgIpc) is 2.99. The smallest absolute Gasteiger partial charge is 0.189 e. The molecular weight excluding hydrogens is 504 g/mol. The molecule has 0 saturated heterocycles. The lowest BCUT2D eigenvalue weighted by atomic mass is 10.1. The van der Waals surface area contributed by atoms with Crippen LogP contribution in [0.4, 0.5) is 0 Å². The summed E-state index contributed by atoms with van der Waals surface area (Å²) in [5.41, 5.74) is 3.27. The van der Waals surface area contributed by atoms with Crippen molar-refractivity contribution in [3.8, 4) is 28.7 Å². The van der Waals surface area contributed by atoms with E-state index in [1.54, 1.807) is 31.4 Å². The second-order valence-corrected chi connectivity index (χ2v) is 8.83. The minimum Gasteiger partial charge on any atom is -0.497 e. The number of carbonyl (C=O) groups is 1. The monoisotopic (exact) mass is 538 g/mol. The zero-order valence-electron chi connectivity index (χ0n) is 23.1. The number of ketones is 1. The van der Waals surface area contributed by atoms with Crippen molar-refractivity contribution in [1.82, 2.24) is 0 Å². The van der Waals surface area contributed by atoms with Crippen molar-refractivity contribution < 1.29 is 28.5 Å². The van der Waals surface area contributed by atoms with Crippen LogP contribution in [-0.2, 0) is 13.2 Å². The molecule has 0 amide bonds. The van der Waals surface area contributed by atoms with Gasteiger partial charge < -0.3 is 23.7 Å². The van der Waals surface area contributed by atoms with E-state index in [2.05, 4.69) is 0 Å². The van der Waals surface area contributed by atoms with Crippen molar-refractivity contribution in [3.05, 3.63) is 119 Å². The molecule has 0 saturated carbocycles. The van der Waals surface area contributed by atoms with Gasteiger partial charge in [0.05, 0.1) is 25.9 Å². The lowest BCUT2D eigenvalue weighted by molar-refractivity contribution is 0.104. The first-order valence-corrected chi connectivity index (χ1v) is 13.3. The molecule has 6 nitrogen and oxygen atoms in total. The Labute approximate surface area is 235 Å². The molecule has 0 aromatic heterocycles. The maximum atomic E-state index is 13.2. The predicted molar refractivity (Wildman–Crippen MR) is 157 cm³/mol. The third kappa shape index (κ3) is 7.90. The van der Waals surface area contributed by atoms with E-state index in [0.717, 1.165) is 22.4 Å². The molecule has 0 heterocycles. The number of methoxy groups -OCH3 is 1. The third-order valence-corrected chi connectivity index (χ3v) is 6.03. The normalized spacial score (nSPS) is 10.8. The van der Waals surface area contributed by atoms with Crippen LogP contribution in [0.5, 0.6) is 28.7 Å². The topological polar surface area (TPSA) is 63.2 Å². The lowest BCUT2D eigenvalue weighted by Crippen LogP contribution is -2.03. The molecule has 0 aliphatic carbocycles. The summed E-state index contributed by atoms with van der Waals surface area (Å²) in [4.78, 5) is 13.2. The quantitative estimate of drug-likeness (QED) is 0.122. The summed E-state index contributed by atoms with van der Waals surface area (Å²) in [6, 6.07) is 28.5. The van der Waals surface area contributed by atoms with E-state index >= 15 is 0 Å². The summed E-state index contributed by atoms with van der Waals surface area (Å²) in [7, 11) is 1.64. The SMILES string of the molecule is CCOc1ccc(C(=O)C=Cc2ccc(OCc3ccc(OC)cc3)cc2OCc2ccccc2)c(OCC)c1. The number of hydrogen-bond donors (Lipinski definition) is 0. The molecule has 40 heavy (non-hydrogen) atoms. The van der Waals surface area contributed by atoms with Crippen LogP contribution >= 0.6 is 0 Å². The molecule has 0 N–H and O–H groups in total. The van der Waals surface area contributed by atoms with Crippen LogP contribution in [0.2, 0.25) is 0 Å². The fraction of sp³-hybridized carbons (Fsp3) is 0.206. The second-order valence-electron chi connectivity index (χ2n) is 8.83. The molecule has 0 atom stereocenters. The van der Waals surface area contributed by atoms with Gasteiger partial charge in [-0.3, -0.25) is 4.79 Å². The second kappa shape index (κ2) is 14.4. The maximum Gasteiger partial charge on any atom is 0.189 e. The summed E-state index contributed by atoms with van der Waals surface area (Å²) in [5.74, 6) is 3.04. The first-order chi connectivity index (χ1) is 19.6. The van der Waals surface area contributed by atoms with Crippen LogP contribution in [0, 0.1) is 0 Å². The number of rotatable bonds is 14. The van der Waals surface area contributed by atoms with E-state index < -0.39 is 0 Å². The summed E-state index contributed by atoms with van der Waals surface area (Å²) in [6.07, 6.45) is 3.28. The summed E-state index contributed by atoms with van der Waals surface area (Å²) >= 11 is 0. The summed E-state index contributed by atoms with van der Waals surface area (Å²) in [6.45, 7) is 5.54. The Balaban J connectivity index is 1.54. The molecule has 206 valence electrons. The zero-order valence-corrected chi connectivity index (χ0v) is 23.1. The molecule has 0 fully saturated rings. The van der Waals surface area contributed by atoms with E-state index in [1.165, 1.54) is 6.08 Å². The van der Waals surface area contributed by atoms with Gasteiger partial charge in [0.2, 0.25) is 0 Å². The molecule has 0 radical (unpaired) electrons. The highest BCUT2D eigenvalue weighted by atomic mass is 16.5. The van der Waals surface area contributed by atoms with Gasteiger partial charge in [-0.25, -0.2) is 0 Å². The minimum absolute atomic E-state index is 0.180. The predicted octanol–water partition coefficient (Wildman–Crippen LogP) is 7.55. The number of ether oxygens (including phenoxy) is 5. The Morgan fingerprint density at radius 1 is 0.650 bits per heavy atom. The van der Waals surface area contributed by atoms with Gasteiger partial charge in [-0.1, -0.05) is 42.5 Å². The van der Waals surface area contributed by atoms with Crippen molar-refractivity contribution >= 4 is 11.9 Å².